The van der Waals surface area contributed by atoms with E-state index in [-0.39, 0.29) is 23.3 Å². The van der Waals surface area contributed by atoms with Gasteiger partial charge in [-0.15, -0.1) is 0 Å². The van der Waals surface area contributed by atoms with Crippen molar-refractivity contribution in [3.05, 3.63) is 0 Å². The first-order valence-corrected chi connectivity index (χ1v) is 6.56. The summed E-state index contributed by atoms with van der Waals surface area (Å²) in [6.07, 6.45) is 2.28. The molecule has 1 heterocycles. The molecule has 1 aliphatic heterocycles. The lowest BCUT2D eigenvalue weighted by atomic mass is 9.80. The van der Waals surface area contributed by atoms with Crippen molar-refractivity contribution in [3.63, 3.8) is 0 Å². The smallest absolute Gasteiger partial charge is 0.237 e. The summed E-state index contributed by atoms with van der Waals surface area (Å²) in [4.78, 5) is 14.1. The third kappa shape index (κ3) is 4.28. The SMILES string of the molecule is CC(C)C(N)C(=O)NCC1(C)CCN(C)CC1. The van der Waals surface area contributed by atoms with Crippen molar-refractivity contribution in [2.75, 3.05) is 26.7 Å². The molecule has 100 valence electrons. The molecule has 1 saturated heterocycles. The molecular formula is C13H27N3O. The number of hydrogen-bond acceptors (Lipinski definition) is 3. The van der Waals surface area contributed by atoms with Gasteiger partial charge in [0.25, 0.3) is 0 Å². The van der Waals surface area contributed by atoms with Crippen LogP contribution in [0.25, 0.3) is 0 Å². The Labute approximate surface area is 105 Å². The molecule has 0 radical (unpaired) electrons. The van der Waals surface area contributed by atoms with Crippen LogP contribution < -0.4 is 11.1 Å². The molecular weight excluding hydrogens is 214 g/mol. The van der Waals surface area contributed by atoms with Crippen LogP contribution in [0.4, 0.5) is 0 Å². The fourth-order valence-electron chi connectivity index (χ4n) is 2.06. The van der Waals surface area contributed by atoms with E-state index >= 15 is 0 Å². The summed E-state index contributed by atoms with van der Waals surface area (Å²) in [6.45, 7) is 9.18. The molecule has 1 atom stereocenters. The lowest BCUT2D eigenvalue weighted by molar-refractivity contribution is -0.123. The standard InChI is InChI=1S/C13H27N3O/c1-10(2)11(14)12(17)15-9-13(3)5-7-16(4)8-6-13/h10-11H,5-9,14H2,1-4H3,(H,15,17). The predicted octanol–water partition coefficient (Wildman–Crippen LogP) is 0.818. The molecule has 4 nitrogen and oxygen atoms in total. The number of likely N-dealkylation sites (tertiary alicyclic amines) is 1. The van der Waals surface area contributed by atoms with Crippen molar-refractivity contribution in [1.29, 1.82) is 0 Å². The zero-order valence-electron chi connectivity index (χ0n) is 11.6. The lowest BCUT2D eigenvalue weighted by Gasteiger charge is -2.38. The van der Waals surface area contributed by atoms with Gasteiger partial charge >= 0.3 is 0 Å². The second kappa shape index (κ2) is 5.83. The molecule has 0 saturated carbocycles. The van der Waals surface area contributed by atoms with E-state index in [2.05, 4.69) is 24.2 Å². The average molecular weight is 241 g/mol. The Hall–Kier alpha value is -0.610. The number of piperidine rings is 1. The van der Waals surface area contributed by atoms with Gasteiger partial charge in [0.15, 0.2) is 0 Å². The molecule has 1 rings (SSSR count). The second-order valence-electron chi connectivity index (χ2n) is 6.10. The number of rotatable bonds is 4. The lowest BCUT2D eigenvalue weighted by Crippen LogP contribution is -2.49. The fourth-order valence-corrected chi connectivity index (χ4v) is 2.06. The highest BCUT2D eigenvalue weighted by molar-refractivity contribution is 5.81. The van der Waals surface area contributed by atoms with Crippen LogP contribution in [-0.2, 0) is 4.79 Å². The van der Waals surface area contributed by atoms with Crippen molar-refractivity contribution < 1.29 is 4.79 Å². The van der Waals surface area contributed by atoms with Crippen LogP contribution in [0.2, 0.25) is 0 Å². The van der Waals surface area contributed by atoms with Crippen molar-refractivity contribution in [1.82, 2.24) is 10.2 Å². The summed E-state index contributed by atoms with van der Waals surface area (Å²) in [7, 11) is 2.15. The van der Waals surface area contributed by atoms with Crippen molar-refractivity contribution in [3.8, 4) is 0 Å². The van der Waals surface area contributed by atoms with Gasteiger partial charge < -0.3 is 16.0 Å². The third-order valence-electron chi connectivity index (χ3n) is 3.90. The molecule has 1 fully saturated rings. The van der Waals surface area contributed by atoms with E-state index in [1.807, 2.05) is 13.8 Å². The van der Waals surface area contributed by atoms with Crippen LogP contribution in [0.3, 0.4) is 0 Å². The van der Waals surface area contributed by atoms with Gasteiger partial charge in [-0.2, -0.15) is 0 Å². The van der Waals surface area contributed by atoms with Crippen molar-refractivity contribution in [2.24, 2.45) is 17.1 Å². The van der Waals surface area contributed by atoms with Crippen LogP contribution in [-0.4, -0.2) is 43.5 Å². The number of amides is 1. The molecule has 1 aliphatic rings. The molecule has 1 unspecified atom stereocenters. The van der Waals surface area contributed by atoms with Crippen molar-refractivity contribution >= 4 is 5.91 Å². The van der Waals surface area contributed by atoms with Gasteiger partial charge in [0.2, 0.25) is 5.91 Å². The summed E-state index contributed by atoms with van der Waals surface area (Å²) in [5.74, 6) is 0.181. The van der Waals surface area contributed by atoms with Crippen LogP contribution in [0, 0.1) is 11.3 Å². The number of nitrogens with zero attached hydrogens (tertiary/aromatic N) is 1. The van der Waals surface area contributed by atoms with Gasteiger partial charge in [-0.3, -0.25) is 4.79 Å². The molecule has 0 bridgehead atoms. The minimum atomic E-state index is -0.384. The first-order chi connectivity index (χ1) is 7.84. The van der Waals surface area contributed by atoms with E-state index in [0.29, 0.717) is 0 Å². The fraction of sp³-hybridized carbons (Fsp3) is 0.923. The number of nitrogens with one attached hydrogen (secondary N) is 1. The van der Waals surface area contributed by atoms with E-state index in [0.717, 1.165) is 32.5 Å². The molecule has 4 heteroatoms. The van der Waals surface area contributed by atoms with Gasteiger partial charge in [0.1, 0.15) is 0 Å². The van der Waals surface area contributed by atoms with Crippen LogP contribution in [0.15, 0.2) is 0 Å². The van der Waals surface area contributed by atoms with E-state index in [1.165, 1.54) is 0 Å². The Morgan fingerprint density at radius 3 is 2.41 bits per heavy atom. The maximum Gasteiger partial charge on any atom is 0.237 e. The minimum absolute atomic E-state index is 0.0137. The molecule has 0 aromatic rings. The Balaban J connectivity index is 2.37. The van der Waals surface area contributed by atoms with Crippen molar-refractivity contribution in [2.45, 2.75) is 39.7 Å². The van der Waals surface area contributed by atoms with Gasteiger partial charge in [0, 0.05) is 6.54 Å². The zero-order chi connectivity index (χ0) is 13.1. The Bertz CT molecular complexity index is 257. The topological polar surface area (TPSA) is 58.4 Å². The minimum Gasteiger partial charge on any atom is -0.354 e. The molecule has 0 aromatic heterocycles. The number of carbonyl (C=O) groups is 1. The summed E-state index contributed by atoms with van der Waals surface area (Å²) < 4.78 is 0. The molecule has 0 spiro atoms. The van der Waals surface area contributed by atoms with Gasteiger partial charge in [-0.25, -0.2) is 0 Å². The largest absolute Gasteiger partial charge is 0.354 e. The predicted molar refractivity (Wildman–Crippen MR) is 70.7 cm³/mol. The second-order valence-corrected chi connectivity index (χ2v) is 6.10. The highest BCUT2D eigenvalue weighted by Crippen LogP contribution is 2.29. The molecule has 1 amide bonds. The Morgan fingerprint density at radius 1 is 1.41 bits per heavy atom. The van der Waals surface area contributed by atoms with Gasteiger partial charge in [0.05, 0.1) is 6.04 Å². The average Bonchev–Trinajstić information content (AvgIpc) is 2.29. The molecule has 17 heavy (non-hydrogen) atoms. The van der Waals surface area contributed by atoms with E-state index in [4.69, 9.17) is 5.73 Å². The zero-order valence-corrected chi connectivity index (χ0v) is 11.6. The van der Waals surface area contributed by atoms with Crippen LogP contribution in [0.5, 0.6) is 0 Å². The monoisotopic (exact) mass is 241 g/mol. The Morgan fingerprint density at radius 2 is 1.94 bits per heavy atom. The highest BCUT2D eigenvalue weighted by Gasteiger charge is 2.30. The maximum absolute atomic E-state index is 11.8. The normalized spacial score (nSPS) is 22.5. The van der Waals surface area contributed by atoms with Gasteiger partial charge in [-0.1, -0.05) is 20.8 Å². The number of carbonyl (C=O) groups excluding carboxylic acids is 1. The quantitative estimate of drug-likeness (QED) is 0.766. The molecule has 0 aliphatic carbocycles. The summed E-state index contributed by atoms with van der Waals surface area (Å²) in [5.41, 5.74) is 6.06. The summed E-state index contributed by atoms with van der Waals surface area (Å²) in [5, 5.41) is 3.01. The van der Waals surface area contributed by atoms with Gasteiger partial charge in [-0.05, 0) is 44.3 Å². The van der Waals surface area contributed by atoms with E-state index in [9.17, 15) is 4.79 Å². The van der Waals surface area contributed by atoms with Crippen LogP contribution >= 0.6 is 0 Å². The first kappa shape index (κ1) is 14.5. The summed E-state index contributed by atoms with van der Waals surface area (Å²) in [6, 6.07) is -0.384. The Kier molecular flexibility index (Phi) is 4.95. The molecule has 3 N–H and O–H groups in total. The maximum atomic E-state index is 11.8. The van der Waals surface area contributed by atoms with Crippen LogP contribution in [0.1, 0.15) is 33.6 Å². The number of hydrogen-bond donors (Lipinski definition) is 2. The highest BCUT2D eigenvalue weighted by atomic mass is 16.2. The van der Waals surface area contributed by atoms with E-state index < -0.39 is 0 Å². The third-order valence-corrected chi connectivity index (χ3v) is 3.90. The molecule has 0 aromatic carbocycles. The first-order valence-electron chi connectivity index (χ1n) is 6.56. The van der Waals surface area contributed by atoms with E-state index in [1.54, 1.807) is 0 Å². The number of nitrogens with two attached hydrogens (primary N) is 1. The summed E-state index contributed by atoms with van der Waals surface area (Å²) >= 11 is 0.